The van der Waals surface area contributed by atoms with Gasteiger partial charge >= 0.3 is 0 Å². The summed E-state index contributed by atoms with van der Waals surface area (Å²) in [4.78, 5) is 18.7. The lowest BCUT2D eigenvalue weighted by atomic mass is 10.0. The fraction of sp³-hybridized carbons (Fsp3) is 0.160. The number of nitrogens with zero attached hydrogens (tertiary/aromatic N) is 2. The number of hydrogen-bond acceptors (Lipinski definition) is 4. The molecule has 32 heavy (non-hydrogen) atoms. The molecule has 0 saturated carbocycles. The van der Waals surface area contributed by atoms with Crippen molar-refractivity contribution in [3.05, 3.63) is 72.6 Å². The topological polar surface area (TPSA) is 98.5 Å². The number of fused-ring (bicyclic) bond motifs is 2. The number of carbonyl (C=O) groups is 1. The van der Waals surface area contributed by atoms with E-state index in [1.807, 2.05) is 12.3 Å². The van der Waals surface area contributed by atoms with Crippen molar-refractivity contribution in [1.82, 2.24) is 30.8 Å². The van der Waals surface area contributed by atoms with E-state index >= 15 is 0 Å². The molecular formula is C25H24N6O. The molecule has 2 aromatic carbocycles. The first-order chi connectivity index (χ1) is 15.7. The second kappa shape index (κ2) is 8.64. The van der Waals surface area contributed by atoms with Gasteiger partial charge in [-0.05, 0) is 47.5 Å². The monoisotopic (exact) mass is 424 g/mol. The summed E-state index contributed by atoms with van der Waals surface area (Å²) in [5, 5.41) is 16.1. The smallest absolute Gasteiger partial charge is 0.216 e. The van der Waals surface area contributed by atoms with Crippen LogP contribution in [0.4, 0.5) is 0 Å². The van der Waals surface area contributed by atoms with Crippen LogP contribution in [0.25, 0.3) is 44.3 Å². The van der Waals surface area contributed by atoms with Crippen molar-refractivity contribution in [2.75, 3.05) is 13.1 Å². The molecule has 0 bridgehead atoms. The molecule has 5 rings (SSSR count). The highest BCUT2D eigenvalue weighted by Gasteiger charge is 2.12. The van der Waals surface area contributed by atoms with Crippen molar-refractivity contribution in [2.24, 2.45) is 0 Å². The van der Waals surface area contributed by atoms with Gasteiger partial charge in [-0.3, -0.25) is 14.9 Å². The number of benzene rings is 2. The zero-order chi connectivity index (χ0) is 21.9. The average molecular weight is 425 g/mol. The number of rotatable bonds is 7. The Morgan fingerprint density at radius 1 is 1.00 bits per heavy atom. The first kappa shape index (κ1) is 20.0. The molecule has 0 saturated heterocycles. The Morgan fingerprint density at radius 2 is 1.91 bits per heavy atom. The molecule has 0 aliphatic rings. The zero-order valence-electron chi connectivity index (χ0n) is 17.8. The quantitative estimate of drug-likeness (QED) is 0.297. The van der Waals surface area contributed by atoms with Crippen molar-refractivity contribution in [2.45, 2.75) is 13.5 Å². The summed E-state index contributed by atoms with van der Waals surface area (Å²) in [6, 6.07) is 18.8. The van der Waals surface area contributed by atoms with Crippen molar-refractivity contribution in [1.29, 1.82) is 0 Å². The summed E-state index contributed by atoms with van der Waals surface area (Å²) >= 11 is 0. The van der Waals surface area contributed by atoms with E-state index in [2.05, 4.69) is 79.3 Å². The number of aromatic nitrogens is 4. The first-order valence-electron chi connectivity index (χ1n) is 10.6. The second-order valence-corrected chi connectivity index (χ2v) is 7.84. The second-order valence-electron chi connectivity index (χ2n) is 7.84. The van der Waals surface area contributed by atoms with Crippen LogP contribution in [0.3, 0.4) is 0 Å². The van der Waals surface area contributed by atoms with E-state index in [9.17, 15) is 4.79 Å². The lowest BCUT2D eigenvalue weighted by Gasteiger charge is -2.05. The van der Waals surface area contributed by atoms with Gasteiger partial charge in [0.2, 0.25) is 5.91 Å². The summed E-state index contributed by atoms with van der Waals surface area (Å²) in [6.45, 7) is 3.63. The molecule has 0 atom stereocenters. The molecule has 0 radical (unpaired) electrons. The van der Waals surface area contributed by atoms with Crippen LogP contribution in [0.1, 0.15) is 12.5 Å². The maximum atomic E-state index is 10.9. The van der Waals surface area contributed by atoms with Crippen LogP contribution in [0.5, 0.6) is 0 Å². The molecule has 5 aromatic rings. The number of aromatic amines is 2. The molecular weight excluding hydrogens is 400 g/mol. The molecule has 0 spiro atoms. The molecule has 3 aromatic heterocycles. The van der Waals surface area contributed by atoms with E-state index in [1.165, 1.54) is 12.5 Å². The van der Waals surface area contributed by atoms with Gasteiger partial charge in [0.15, 0.2) is 0 Å². The van der Waals surface area contributed by atoms with Crippen LogP contribution < -0.4 is 10.6 Å². The minimum absolute atomic E-state index is 0.00785. The van der Waals surface area contributed by atoms with E-state index < -0.39 is 0 Å². The lowest BCUT2D eigenvalue weighted by molar-refractivity contribution is -0.118. The van der Waals surface area contributed by atoms with Gasteiger partial charge in [0.25, 0.3) is 0 Å². The predicted octanol–water partition coefficient (Wildman–Crippen LogP) is 4.00. The molecule has 0 aliphatic heterocycles. The van der Waals surface area contributed by atoms with Gasteiger partial charge in [0, 0.05) is 60.8 Å². The van der Waals surface area contributed by atoms with Gasteiger partial charge in [-0.15, -0.1) is 0 Å². The molecule has 0 aliphatic carbocycles. The number of pyridine rings is 1. The molecule has 7 heteroatoms. The predicted molar refractivity (Wildman–Crippen MR) is 127 cm³/mol. The minimum Gasteiger partial charge on any atom is -0.355 e. The summed E-state index contributed by atoms with van der Waals surface area (Å²) in [6.07, 6.45) is 3.65. The Hall–Kier alpha value is -3.97. The van der Waals surface area contributed by atoms with Gasteiger partial charge in [0.1, 0.15) is 5.69 Å². The van der Waals surface area contributed by atoms with Crippen molar-refractivity contribution < 1.29 is 4.79 Å². The van der Waals surface area contributed by atoms with E-state index in [-0.39, 0.29) is 5.91 Å². The summed E-state index contributed by atoms with van der Waals surface area (Å²) in [5.41, 5.74) is 7.32. The third-order valence-corrected chi connectivity index (χ3v) is 5.50. The van der Waals surface area contributed by atoms with Crippen LogP contribution in [0, 0.1) is 0 Å². The van der Waals surface area contributed by atoms with Crippen LogP contribution in [-0.2, 0) is 11.3 Å². The van der Waals surface area contributed by atoms with Crippen LogP contribution in [0.15, 0.2) is 67.0 Å². The highest BCUT2D eigenvalue weighted by atomic mass is 16.1. The molecule has 3 heterocycles. The van der Waals surface area contributed by atoms with Crippen LogP contribution in [-0.4, -0.2) is 39.2 Å². The fourth-order valence-electron chi connectivity index (χ4n) is 3.91. The van der Waals surface area contributed by atoms with Crippen molar-refractivity contribution >= 4 is 27.7 Å². The average Bonchev–Trinajstić information content (AvgIpc) is 3.42. The van der Waals surface area contributed by atoms with E-state index in [1.54, 1.807) is 6.20 Å². The molecule has 0 unspecified atom stereocenters. The van der Waals surface area contributed by atoms with Crippen LogP contribution in [0.2, 0.25) is 0 Å². The number of amides is 1. The molecule has 7 nitrogen and oxygen atoms in total. The zero-order valence-corrected chi connectivity index (χ0v) is 17.8. The lowest BCUT2D eigenvalue weighted by Crippen LogP contribution is -2.29. The molecule has 160 valence electrons. The Kier molecular flexibility index (Phi) is 5.39. The maximum absolute atomic E-state index is 10.9. The highest BCUT2D eigenvalue weighted by molar-refractivity contribution is 5.97. The normalized spacial score (nSPS) is 11.3. The van der Waals surface area contributed by atoms with Gasteiger partial charge in [-0.1, -0.05) is 18.2 Å². The van der Waals surface area contributed by atoms with E-state index in [0.29, 0.717) is 6.54 Å². The third kappa shape index (κ3) is 4.10. The van der Waals surface area contributed by atoms with Gasteiger partial charge in [0.05, 0.1) is 11.2 Å². The molecule has 4 N–H and O–H groups in total. The molecule has 1 amide bonds. The van der Waals surface area contributed by atoms with E-state index in [4.69, 9.17) is 0 Å². The number of nitrogens with one attached hydrogen (secondary N) is 4. The van der Waals surface area contributed by atoms with Crippen molar-refractivity contribution in [3.63, 3.8) is 0 Å². The number of carbonyl (C=O) groups excluding carboxylic acids is 1. The standard InChI is InChI=1S/C25H24N6O/c1-16(32)28-10-9-27-14-17-4-6-22-20(11-17)13-24(29-22)25-21-12-18(5-7-23(21)30-31-25)19-3-2-8-26-15-19/h2-8,11-13,15,27,29H,9-10,14H2,1H3,(H,28,32)(H,30,31). The first-order valence-corrected chi connectivity index (χ1v) is 10.6. The highest BCUT2D eigenvalue weighted by Crippen LogP contribution is 2.31. The fourth-order valence-corrected chi connectivity index (χ4v) is 3.91. The minimum atomic E-state index is -0.00785. The van der Waals surface area contributed by atoms with Crippen molar-refractivity contribution in [3.8, 4) is 22.5 Å². The Balaban J connectivity index is 1.40. The van der Waals surface area contributed by atoms with Gasteiger partial charge in [-0.25, -0.2) is 0 Å². The van der Waals surface area contributed by atoms with E-state index in [0.717, 1.165) is 57.4 Å². The summed E-state index contributed by atoms with van der Waals surface area (Å²) in [5.74, 6) is -0.00785. The largest absolute Gasteiger partial charge is 0.355 e. The number of H-pyrrole nitrogens is 2. The maximum Gasteiger partial charge on any atom is 0.216 e. The third-order valence-electron chi connectivity index (χ3n) is 5.50. The number of hydrogen-bond donors (Lipinski definition) is 4. The Bertz CT molecular complexity index is 1390. The van der Waals surface area contributed by atoms with Gasteiger partial charge in [-0.2, -0.15) is 5.10 Å². The summed E-state index contributed by atoms with van der Waals surface area (Å²) < 4.78 is 0. The SMILES string of the molecule is CC(=O)NCCNCc1ccc2[nH]c(-c3n[nH]c4ccc(-c5cccnc5)cc34)cc2c1. The summed E-state index contributed by atoms with van der Waals surface area (Å²) in [7, 11) is 0. The Labute approximate surface area is 185 Å². The van der Waals surface area contributed by atoms with Crippen LogP contribution >= 0.6 is 0 Å². The molecule has 0 fully saturated rings. The Morgan fingerprint density at radius 3 is 2.75 bits per heavy atom. The van der Waals surface area contributed by atoms with Gasteiger partial charge < -0.3 is 15.6 Å².